The van der Waals surface area contributed by atoms with E-state index in [1.54, 1.807) is 11.6 Å². The Bertz CT molecular complexity index is 613. The SMILES string of the molecule is CCCCN1CCC(C2=C(C3CC(C)(C)CC(C)(C)C3)C=CC(F)=CC2)CC1. The molecule has 1 saturated carbocycles. The van der Waals surface area contributed by atoms with Gasteiger partial charge in [-0.2, -0.15) is 0 Å². The van der Waals surface area contributed by atoms with Crippen molar-refractivity contribution in [3.8, 4) is 0 Å². The van der Waals surface area contributed by atoms with E-state index in [0.717, 1.165) is 6.42 Å². The topological polar surface area (TPSA) is 3.24 Å². The van der Waals surface area contributed by atoms with Crippen LogP contribution < -0.4 is 0 Å². The van der Waals surface area contributed by atoms with Crippen molar-refractivity contribution < 1.29 is 4.39 Å². The zero-order valence-corrected chi connectivity index (χ0v) is 19.0. The van der Waals surface area contributed by atoms with E-state index in [2.05, 4.69) is 45.6 Å². The van der Waals surface area contributed by atoms with E-state index in [1.807, 2.05) is 6.08 Å². The van der Waals surface area contributed by atoms with Gasteiger partial charge in [-0.3, -0.25) is 0 Å². The molecule has 0 spiro atoms. The summed E-state index contributed by atoms with van der Waals surface area (Å²) in [6.07, 6.45) is 15.3. The van der Waals surface area contributed by atoms with E-state index >= 15 is 0 Å². The van der Waals surface area contributed by atoms with Crippen molar-refractivity contribution >= 4 is 0 Å². The van der Waals surface area contributed by atoms with Crippen LogP contribution in [0.2, 0.25) is 0 Å². The molecule has 1 aliphatic heterocycles. The summed E-state index contributed by atoms with van der Waals surface area (Å²) in [4.78, 5) is 2.63. The molecule has 0 aromatic carbocycles. The van der Waals surface area contributed by atoms with E-state index < -0.39 is 0 Å². The molecule has 0 bridgehead atoms. The van der Waals surface area contributed by atoms with Gasteiger partial charge in [-0.15, -0.1) is 0 Å². The van der Waals surface area contributed by atoms with Gasteiger partial charge in [-0.25, -0.2) is 4.39 Å². The first-order chi connectivity index (χ1) is 13.2. The monoisotopic (exact) mass is 387 g/mol. The highest BCUT2D eigenvalue weighted by Gasteiger charge is 2.40. The fourth-order valence-electron chi connectivity index (χ4n) is 6.42. The minimum atomic E-state index is -0.0535. The van der Waals surface area contributed by atoms with Gasteiger partial charge in [0.25, 0.3) is 0 Å². The van der Waals surface area contributed by atoms with Gasteiger partial charge < -0.3 is 4.90 Å². The maximum Gasteiger partial charge on any atom is 0.119 e. The summed E-state index contributed by atoms with van der Waals surface area (Å²) in [5.74, 6) is 1.15. The zero-order chi connectivity index (χ0) is 20.4. The van der Waals surface area contributed by atoms with Gasteiger partial charge in [0.2, 0.25) is 0 Å². The number of likely N-dealkylation sites (tertiary alicyclic amines) is 1. The molecule has 28 heavy (non-hydrogen) atoms. The first kappa shape index (κ1) is 21.8. The molecular formula is C26H42FN. The number of allylic oxidation sites excluding steroid dienone is 6. The predicted octanol–water partition coefficient (Wildman–Crippen LogP) is 7.46. The fraction of sp³-hybridized carbons (Fsp3) is 0.769. The second-order valence-corrected chi connectivity index (χ2v) is 11.2. The van der Waals surface area contributed by atoms with Gasteiger partial charge in [-0.05, 0) is 105 Å². The number of rotatable bonds is 5. The molecule has 0 amide bonds. The van der Waals surface area contributed by atoms with E-state index in [4.69, 9.17) is 0 Å². The quantitative estimate of drug-likeness (QED) is 0.473. The number of piperidine rings is 1. The van der Waals surface area contributed by atoms with Crippen molar-refractivity contribution in [3.63, 3.8) is 0 Å². The van der Waals surface area contributed by atoms with Crippen molar-refractivity contribution in [2.24, 2.45) is 22.7 Å². The lowest BCUT2D eigenvalue weighted by molar-refractivity contribution is 0.0821. The van der Waals surface area contributed by atoms with Crippen LogP contribution >= 0.6 is 0 Å². The first-order valence-corrected chi connectivity index (χ1v) is 11.7. The molecular weight excluding hydrogens is 345 g/mol. The largest absolute Gasteiger partial charge is 0.303 e. The smallest absolute Gasteiger partial charge is 0.119 e. The van der Waals surface area contributed by atoms with Gasteiger partial charge >= 0.3 is 0 Å². The molecule has 3 aliphatic rings. The standard InChI is InChI=1S/C26H42FN/c1-6-7-14-28-15-12-20(13-16-28)23-10-8-22(27)9-11-24(23)21-17-25(2,3)19-26(4,5)18-21/h8-9,11,20-21H,6-7,10,12-19H2,1-5H3. The number of unbranched alkanes of at least 4 members (excludes halogenated alkanes) is 1. The molecule has 2 fully saturated rings. The second-order valence-electron chi connectivity index (χ2n) is 11.2. The highest BCUT2D eigenvalue weighted by atomic mass is 19.1. The molecule has 158 valence electrons. The summed E-state index contributed by atoms with van der Waals surface area (Å²) in [5, 5.41) is 0. The normalized spacial score (nSPS) is 27.0. The molecule has 0 aromatic heterocycles. The lowest BCUT2D eigenvalue weighted by Crippen LogP contribution is -2.36. The summed E-state index contributed by atoms with van der Waals surface area (Å²) < 4.78 is 14.2. The molecule has 2 heteroatoms. The zero-order valence-electron chi connectivity index (χ0n) is 19.0. The minimum Gasteiger partial charge on any atom is -0.303 e. The Labute approximate surface area is 173 Å². The van der Waals surface area contributed by atoms with Crippen LogP contribution in [-0.2, 0) is 0 Å². The van der Waals surface area contributed by atoms with Crippen LogP contribution in [0, 0.1) is 22.7 Å². The molecule has 1 nitrogen and oxygen atoms in total. The third-order valence-corrected chi connectivity index (χ3v) is 7.21. The summed E-state index contributed by atoms with van der Waals surface area (Å²) in [7, 11) is 0. The summed E-state index contributed by atoms with van der Waals surface area (Å²) in [6, 6.07) is 0. The van der Waals surface area contributed by atoms with Gasteiger partial charge in [0.05, 0.1) is 0 Å². The Morgan fingerprint density at radius 1 is 1.00 bits per heavy atom. The molecule has 1 saturated heterocycles. The Morgan fingerprint density at radius 3 is 2.25 bits per heavy atom. The van der Waals surface area contributed by atoms with Crippen molar-refractivity contribution in [1.82, 2.24) is 4.90 Å². The Morgan fingerprint density at radius 2 is 1.64 bits per heavy atom. The molecule has 0 unspecified atom stereocenters. The van der Waals surface area contributed by atoms with Crippen LogP contribution in [0.4, 0.5) is 4.39 Å². The Hall–Kier alpha value is -0.890. The third kappa shape index (κ3) is 5.59. The lowest BCUT2D eigenvalue weighted by Gasteiger charge is -2.46. The van der Waals surface area contributed by atoms with E-state index in [1.165, 1.54) is 70.2 Å². The van der Waals surface area contributed by atoms with Crippen molar-refractivity contribution in [1.29, 1.82) is 0 Å². The summed E-state index contributed by atoms with van der Waals surface area (Å²) in [6.45, 7) is 15.6. The van der Waals surface area contributed by atoms with Crippen LogP contribution in [0.15, 0.2) is 35.2 Å². The van der Waals surface area contributed by atoms with Crippen molar-refractivity contribution in [2.75, 3.05) is 19.6 Å². The number of hydrogen-bond acceptors (Lipinski definition) is 1. The van der Waals surface area contributed by atoms with Gasteiger partial charge in [0.15, 0.2) is 0 Å². The maximum atomic E-state index is 14.2. The van der Waals surface area contributed by atoms with Gasteiger partial charge in [-0.1, -0.05) is 52.7 Å². The Kier molecular flexibility index (Phi) is 6.90. The average Bonchev–Trinajstić information content (AvgIpc) is 2.79. The van der Waals surface area contributed by atoms with Crippen LogP contribution in [0.3, 0.4) is 0 Å². The highest BCUT2D eigenvalue weighted by Crippen LogP contribution is 2.52. The number of halogens is 1. The number of hydrogen-bond donors (Lipinski definition) is 0. The molecule has 0 radical (unpaired) electrons. The Balaban J connectivity index is 1.82. The summed E-state index contributed by atoms with van der Waals surface area (Å²) in [5.41, 5.74) is 3.76. The summed E-state index contributed by atoms with van der Waals surface area (Å²) >= 11 is 0. The molecule has 3 rings (SSSR count). The average molecular weight is 388 g/mol. The van der Waals surface area contributed by atoms with Crippen molar-refractivity contribution in [2.45, 2.75) is 86.0 Å². The predicted molar refractivity (Wildman–Crippen MR) is 119 cm³/mol. The molecule has 0 atom stereocenters. The molecule has 0 N–H and O–H groups in total. The lowest BCUT2D eigenvalue weighted by atomic mass is 9.59. The first-order valence-electron chi connectivity index (χ1n) is 11.7. The number of nitrogens with zero attached hydrogens (tertiary/aromatic N) is 1. The molecule has 1 heterocycles. The maximum absolute atomic E-state index is 14.2. The van der Waals surface area contributed by atoms with Crippen LogP contribution in [0.25, 0.3) is 0 Å². The molecule has 0 aromatic rings. The van der Waals surface area contributed by atoms with Gasteiger partial charge in [0, 0.05) is 0 Å². The van der Waals surface area contributed by atoms with Crippen LogP contribution in [-0.4, -0.2) is 24.5 Å². The minimum absolute atomic E-state index is 0.0535. The molecule has 2 aliphatic carbocycles. The van der Waals surface area contributed by atoms with Gasteiger partial charge in [0.1, 0.15) is 5.83 Å². The fourth-order valence-corrected chi connectivity index (χ4v) is 6.42. The van der Waals surface area contributed by atoms with Crippen molar-refractivity contribution in [3.05, 3.63) is 35.2 Å². The second kappa shape index (κ2) is 8.86. The third-order valence-electron chi connectivity index (χ3n) is 7.21. The van der Waals surface area contributed by atoms with Crippen LogP contribution in [0.1, 0.15) is 86.0 Å². The van der Waals surface area contributed by atoms with E-state index in [0.29, 0.717) is 22.7 Å². The van der Waals surface area contributed by atoms with E-state index in [9.17, 15) is 4.39 Å². The van der Waals surface area contributed by atoms with Crippen LogP contribution in [0.5, 0.6) is 0 Å². The highest BCUT2D eigenvalue weighted by molar-refractivity contribution is 5.38. The van der Waals surface area contributed by atoms with E-state index in [-0.39, 0.29) is 5.83 Å².